The summed E-state index contributed by atoms with van der Waals surface area (Å²) in [6.07, 6.45) is 0.788. The second kappa shape index (κ2) is 6.92. The average Bonchev–Trinajstić information content (AvgIpc) is 2.48. The molecule has 19 heavy (non-hydrogen) atoms. The summed E-state index contributed by atoms with van der Waals surface area (Å²) in [6, 6.07) is 18.1. The van der Waals surface area contributed by atoms with Crippen molar-refractivity contribution < 1.29 is 5.11 Å². The van der Waals surface area contributed by atoms with Crippen molar-refractivity contribution in [3.05, 3.63) is 65.7 Å². The van der Waals surface area contributed by atoms with Gasteiger partial charge in [0.1, 0.15) is 0 Å². The maximum atomic E-state index is 9.52. The molecule has 2 aromatic carbocycles. The molecule has 0 spiro atoms. The van der Waals surface area contributed by atoms with Gasteiger partial charge in [-0.1, -0.05) is 48.5 Å². The van der Waals surface area contributed by atoms with Crippen molar-refractivity contribution in [2.24, 2.45) is 5.73 Å². The van der Waals surface area contributed by atoms with Gasteiger partial charge in [0.05, 0.1) is 12.6 Å². The van der Waals surface area contributed by atoms with Crippen LogP contribution in [0.4, 0.5) is 5.69 Å². The highest BCUT2D eigenvalue weighted by atomic mass is 16.3. The van der Waals surface area contributed by atoms with Crippen LogP contribution in [0.15, 0.2) is 54.6 Å². The van der Waals surface area contributed by atoms with Crippen molar-refractivity contribution >= 4 is 5.69 Å². The molecular formula is C16H20N2O. The minimum absolute atomic E-state index is 0.00454. The van der Waals surface area contributed by atoms with Gasteiger partial charge in [0, 0.05) is 12.2 Å². The van der Waals surface area contributed by atoms with Crippen LogP contribution in [-0.4, -0.2) is 17.8 Å². The fourth-order valence-electron chi connectivity index (χ4n) is 2.12. The fraction of sp³-hybridized carbons (Fsp3) is 0.250. The second-order valence-electron chi connectivity index (χ2n) is 4.57. The Morgan fingerprint density at radius 2 is 1.68 bits per heavy atom. The SMILES string of the molecule is NCc1ccccc1NC(CO)Cc1ccccc1. The molecule has 0 fully saturated rings. The smallest absolute Gasteiger partial charge is 0.0636 e. The van der Waals surface area contributed by atoms with Crippen LogP contribution >= 0.6 is 0 Å². The molecular weight excluding hydrogens is 236 g/mol. The molecule has 4 N–H and O–H groups in total. The normalized spacial score (nSPS) is 12.1. The number of anilines is 1. The number of hydrogen-bond acceptors (Lipinski definition) is 3. The summed E-state index contributed by atoms with van der Waals surface area (Å²) in [5, 5.41) is 12.9. The van der Waals surface area contributed by atoms with Gasteiger partial charge in [-0.25, -0.2) is 0 Å². The van der Waals surface area contributed by atoms with E-state index in [4.69, 9.17) is 5.73 Å². The number of benzene rings is 2. The van der Waals surface area contributed by atoms with Crippen LogP contribution in [0.1, 0.15) is 11.1 Å². The highest BCUT2D eigenvalue weighted by Gasteiger charge is 2.10. The molecule has 0 saturated heterocycles. The highest BCUT2D eigenvalue weighted by Crippen LogP contribution is 2.16. The lowest BCUT2D eigenvalue weighted by atomic mass is 10.1. The van der Waals surface area contributed by atoms with Crippen LogP contribution in [0.2, 0.25) is 0 Å². The zero-order chi connectivity index (χ0) is 13.5. The Balaban J connectivity index is 2.07. The molecule has 0 bridgehead atoms. The fourth-order valence-corrected chi connectivity index (χ4v) is 2.12. The summed E-state index contributed by atoms with van der Waals surface area (Å²) < 4.78 is 0. The zero-order valence-corrected chi connectivity index (χ0v) is 10.9. The first-order chi connectivity index (χ1) is 9.33. The molecule has 2 aromatic rings. The Hall–Kier alpha value is -1.84. The molecule has 0 aliphatic rings. The molecule has 0 amide bonds. The maximum Gasteiger partial charge on any atom is 0.0636 e. The predicted octanol–water partition coefficient (Wildman–Crippen LogP) is 2.16. The number of hydrogen-bond donors (Lipinski definition) is 3. The zero-order valence-electron chi connectivity index (χ0n) is 10.9. The Kier molecular flexibility index (Phi) is 4.95. The third kappa shape index (κ3) is 3.81. The molecule has 0 aliphatic carbocycles. The quantitative estimate of drug-likeness (QED) is 0.742. The van der Waals surface area contributed by atoms with Gasteiger partial charge in [-0.15, -0.1) is 0 Å². The van der Waals surface area contributed by atoms with Crippen LogP contribution in [0.25, 0.3) is 0 Å². The first kappa shape index (κ1) is 13.6. The molecule has 0 saturated carbocycles. The minimum atomic E-state index is -0.00454. The predicted molar refractivity (Wildman–Crippen MR) is 79.0 cm³/mol. The van der Waals surface area contributed by atoms with Crippen LogP contribution in [0.3, 0.4) is 0 Å². The van der Waals surface area contributed by atoms with Crippen molar-refractivity contribution in [3.63, 3.8) is 0 Å². The molecule has 0 aromatic heterocycles. The van der Waals surface area contributed by atoms with E-state index in [1.807, 2.05) is 42.5 Å². The van der Waals surface area contributed by atoms with Crippen LogP contribution < -0.4 is 11.1 Å². The average molecular weight is 256 g/mol. The van der Waals surface area contributed by atoms with Gasteiger partial charge in [-0.05, 0) is 23.6 Å². The molecule has 1 atom stereocenters. The van der Waals surface area contributed by atoms with E-state index >= 15 is 0 Å². The number of aliphatic hydroxyl groups is 1. The van der Waals surface area contributed by atoms with Gasteiger partial charge in [0.25, 0.3) is 0 Å². The van der Waals surface area contributed by atoms with Crippen molar-refractivity contribution in [1.82, 2.24) is 0 Å². The van der Waals surface area contributed by atoms with Gasteiger partial charge < -0.3 is 16.2 Å². The van der Waals surface area contributed by atoms with Gasteiger partial charge in [0.2, 0.25) is 0 Å². The number of para-hydroxylation sites is 1. The van der Waals surface area contributed by atoms with E-state index in [2.05, 4.69) is 17.4 Å². The lowest BCUT2D eigenvalue weighted by Crippen LogP contribution is -2.27. The topological polar surface area (TPSA) is 58.3 Å². The van der Waals surface area contributed by atoms with E-state index in [1.165, 1.54) is 5.56 Å². The summed E-state index contributed by atoms with van der Waals surface area (Å²) in [7, 11) is 0. The van der Waals surface area contributed by atoms with Crippen molar-refractivity contribution in [2.45, 2.75) is 19.0 Å². The molecule has 0 aliphatic heterocycles. The second-order valence-corrected chi connectivity index (χ2v) is 4.57. The molecule has 0 radical (unpaired) electrons. The molecule has 100 valence electrons. The maximum absolute atomic E-state index is 9.52. The Labute approximate surface area is 114 Å². The van der Waals surface area contributed by atoms with Gasteiger partial charge in [-0.2, -0.15) is 0 Å². The number of nitrogens with one attached hydrogen (secondary N) is 1. The van der Waals surface area contributed by atoms with Crippen molar-refractivity contribution in [3.8, 4) is 0 Å². The van der Waals surface area contributed by atoms with Gasteiger partial charge in [0.15, 0.2) is 0 Å². The third-order valence-electron chi connectivity index (χ3n) is 3.14. The number of nitrogens with two attached hydrogens (primary N) is 1. The van der Waals surface area contributed by atoms with Crippen LogP contribution in [0, 0.1) is 0 Å². The van der Waals surface area contributed by atoms with Crippen LogP contribution in [-0.2, 0) is 13.0 Å². The summed E-state index contributed by atoms with van der Waals surface area (Å²) in [5.74, 6) is 0. The first-order valence-electron chi connectivity index (χ1n) is 6.52. The van der Waals surface area contributed by atoms with E-state index in [0.29, 0.717) is 6.54 Å². The summed E-state index contributed by atoms with van der Waals surface area (Å²) >= 11 is 0. The molecule has 0 heterocycles. The largest absolute Gasteiger partial charge is 0.394 e. The lowest BCUT2D eigenvalue weighted by molar-refractivity contribution is 0.273. The summed E-state index contributed by atoms with van der Waals surface area (Å²) in [5.41, 5.74) is 8.99. The van der Waals surface area contributed by atoms with Crippen molar-refractivity contribution in [2.75, 3.05) is 11.9 Å². The molecule has 3 heteroatoms. The summed E-state index contributed by atoms with van der Waals surface area (Å²) in [4.78, 5) is 0. The standard InChI is InChI=1S/C16H20N2O/c17-11-14-8-4-5-9-16(14)18-15(12-19)10-13-6-2-1-3-7-13/h1-9,15,18-19H,10-12,17H2. The molecule has 2 rings (SSSR count). The van der Waals surface area contributed by atoms with Crippen molar-refractivity contribution in [1.29, 1.82) is 0 Å². The summed E-state index contributed by atoms with van der Waals surface area (Å²) in [6.45, 7) is 0.584. The van der Waals surface area contributed by atoms with Gasteiger partial charge in [-0.3, -0.25) is 0 Å². The Morgan fingerprint density at radius 1 is 1.00 bits per heavy atom. The third-order valence-corrected chi connectivity index (χ3v) is 3.14. The van der Waals surface area contributed by atoms with E-state index < -0.39 is 0 Å². The minimum Gasteiger partial charge on any atom is -0.394 e. The number of rotatable bonds is 6. The Bertz CT molecular complexity index is 499. The first-order valence-corrected chi connectivity index (χ1v) is 6.52. The van der Waals surface area contributed by atoms with E-state index in [1.54, 1.807) is 0 Å². The molecule has 1 unspecified atom stereocenters. The van der Waals surface area contributed by atoms with Crippen LogP contribution in [0.5, 0.6) is 0 Å². The molecule has 3 nitrogen and oxygen atoms in total. The van der Waals surface area contributed by atoms with Gasteiger partial charge >= 0.3 is 0 Å². The monoisotopic (exact) mass is 256 g/mol. The lowest BCUT2D eigenvalue weighted by Gasteiger charge is -2.19. The van der Waals surface area contributed by atoms with E-state index in [-0.39, 0.29) is 12.6 Å². The Morgan fingerprint density at radius 3 is 2.37 bits per heavy atom. The van der Waals surface area contributed by atoms with E-state index in [0.717, 1.165) is 17.7 Å². The van der Waals surface area contributed by atoms with E-state index in [9.17, 15) is 5.11 Å². The highest BCUT2D eigenvalue weighted by molar-refractivity contribution is 5.51. The number of aliphatic hydroxyl groups excluding tert-OH is 1.